The van der Waals surface area contributed by atoms with E-state index in [1.165, 1.54) is 0 Å². The maximum Gasteiger partial charge on any atom is 0.181 e. The van der Waals surface area contributed by atoms with E-state index in [0.717, 1.165) is 11.4 Å². The third-order valence-electron chi connectivity index (χ3n) is 4.58. The van der Waals surface area contributed by atoms with Gasteiger partial charge in [0.25, 0.3) is 0 Å². The highest BCUT2D eigenvalue weighted by atomic mass is 35.5. The molecule has 2 aliphatic heterocycles. The molecule has 0 bridgehead atoms. The Hall–Kier alpha value is -1.34. The summed E-state index contributed by atoms with van der Waals surface area (Å²) in [6.45, 7) is 0. The van der Waals surface area contributed by atoms with Crippen molar-refractivity contribution in [1.82, 2.24) is 0 Å². The van der Waals surface area contributed by atoms with Crippen LogP contribution in [0.1, 0.15) is 0 Å². The van der Waals surface area contributed by atoms with Crippen molar-refractivity contribution < 1.29 is 8.42 Å². The summed E-state index contributed by atoms with van der Waals surface area (Å²) in [6, 6.07) is 14.4. The lowest BCUT2D eigenvalue weighted by atomic mass is 10.1. The molecule has 4 nitrogen and oxygen atoms in total. The van der Waals surface area contributed by atoms with Gasteiger partial charge in [-0.3, -0.25) is 0 Å². The monoisotopic (exact) mass is 412 g/mol. The number of anilines is 2. The van der Waals surface area contributed by atoms with Crippen LogP contribution in [0.3, 0.4) is 0 Å². The molecule has 2 heterocycles. The molecular formula is C17H14Cl2N2O2S2. The molecule has 0 N–H and O–H groups in total. The van der Waals surface area contributed by atoms with Gasteiger partial charge in [0.2, 0.25) is 0 Å². The van der Waals surface area contributed by atoms with Crippen molar-refractivity contribution in [1.29, 1.82) is 0 Å². The van der Waals surface area contributed by atoms with Gasteiger partial charge in [-0.2, -0.15) is 0 Å². The number of sulfone groups is 1. The van der Waals surface area contributed by atoms with E-state index in [2.05, 4.69) is 0 Å². The number of hydrogen-bond donors (Lipinski definition) is 0. The SMILES string of the molecule is O=S1(=O)C[C@@H]2[C@@H](C1)N(c1ccc(Cl)c(Cl)c1)C(=S)N2c1ccccc1. The first kappa shape index (κ1) is 17.1. The van der Waals surface area contributed by atoms with Gasteiger partial charge in [0.05, 0.1) is 33.6 Å². The van der Waals surface area contributed by atoms with E-state index < -0.39 is 9.84 Å². The molecule has 0 aromatic heterocycles. The molecule has 0 spiro atoms. The predicted molar refractivity (Wildman–Crippen MR) is 107 cm³/mol. The van der Waals surface area contributed by atoms with Crippen molar-refractivity contribution in [3.63, 3.8) is 0 Å². The Balaban J connectivity index is 1.82. The Morgan fingerprint density at radius 1 is 0.880 bits per heavy atom. The van der Waals surface area contributed by atoms with E-state index in [1.807, 2.05) is 46.2 Å². The van der Waals surface area contributed by atoms with Gasteiger partial charge in [0.15, 0.2) is 14.9 Å². The smallest absolute Gasteiger partial charge is 0.181 e. The minimum absolute atomic E-state index is 0.0708. The molecule has 0 amide bonds. The summed E-state index contributed by atoms with van der Waals surface area (Å²) >= 11 is 17.9. The largest absolute Gasteiger partial charge is 0.312 e. The zero-order chi connectivity index (χ0) is 17.8. The average Bonchev–Trinajstić information content (AvgIpc) is 3.00. The van der Waals surface area contributed by atoms with Crippen molar-refractivity contribution >= 4 is 61.7 Å². The number of para-hydroxylation sites is 1. The Kier molecular flexibility index (Phi) is 4.19. The Morgan fingerprint density at radius 2 is 1.48 bits per heavy atom. The van der Waals surface area contributed by atoms with Crippen LogP contribution in [-0.4, -0.2) is 37.1 Å². The fraction of sp³-hybridized carbons (Fsp3) is 0.235. The second kappa shape index (κ2) is 6.13. The lowest BCUT2D eigenvalue weighted by Gasteiger charge is -2.26. The van der Waals surface area contributed by atoms with Crippen LogP contribution in [0.5, 0.6) is 0 Å². The summed E-state index contributed by atoms with van der Waals surface area (Å²) in [5, 5.41) is 1.44. The van der Waals surface area contributed by atoms with Gasteiger partial charge >= 0.3 is 0 Å². The molecule has 2 aromatic carbocycles. The lowest BCUT2D eigenvalue weighted by Crippen LogP contribution is -2.37. The van der Waals surface area contributed by atoms with Crippen molar-refractivity contribution in [2.45, 2.75) is 12.1 Å². The summed E-state index contributed by atoms with van der Waals surface area (Å²) in [7, 11) is -3.13. The topological polar surface area (TPSA) is 40.6 Å². The molecule has 25 heavy (non-hydrogen) atoms. The second-order valence-electron chi connectivity index (χ2n) is 6.17. The van der Waals surface area contributed by atoms with Crippen LogP contribution >= 0.6 is 35.4 Å². The van der Waals surface area contributed by atoms with Crippen LogP contribution in [0.2, 0.25) is 10.0 Å². The molecule has 0 aliphatic carbocycles. The molecule has 2 fully saturated rings. The Bertz CT molecular complexity index is 950. The number of thiocarbonyl (C=S) groups is 1. The van der Waals surface area contributed by atoms with Gasteiger partial charge in [-0.15, -0.1) is 0 Å². The minimum Gasteiger partial charge on any atom is -0.312 e. The average molecular weight is 413 g/mol. The zero-order valence-corrected chi connectivity index (χ0v) is 16.1. The third kappa shape index (κ3) is 2.91. The Labute approximate surface area is 161 Å². The van der Waals surface area contributed by atoms with Crippen LogP contribution in [0, 0.1) is 0 Å². The molecule has 2 saturated heterocycles. The number of benzene rings is 2. The van der Waals surface area contributed by atoms with Crippen molar-refractivity contribution in [3.8, 4) is 0 Å². The van der Waals surface area contributed by atoms with Gasteiger partial charge < -0.3 is 9.80 Å². The summed E-state index contributed by atoms with van der Waals surface area (Å²) < 4.78 is 24.6. The predicted octanol–water partition coefficient (Wildman–Crippen LogP) is 3.77. The summed E-state index contributed by atoms with van der Waals surface area (Å²) in [4.78, 5) is 3.83. The van der Waals surface area contributed by atoms with Crippen molar-refractivity contribution in [2.75, 3.05) is 21.3 Å². The highest BCUT2D eigenvalue weighted by Gasteiger charge is 2.52. The minimum atomic E-state index is -3.13. The van der Waals surface area contributed by atoms with E-state index in [1.54, 1.807) is 12.1 Å². The first-order chi connectivity index (χ1) is 11.9. The molecule has 0 saturated carbocycles. The van der Waals surface area contributed by atoms with E-state index in [4.69, 9.17) is 35.4 Å². The quantitative estimate of drug-likeness (QED) is 0.702. The maximum absolute atomic E-state index is 12.3. The van der Waals surface area contributed by atoms with Gasteiger partial charge in [0.1, 0.15) is 0 Å². The first-order valence-corrected chi connectivity index (χ1v) is 10.7. The number of rotatable bonds is 2. The van der Waals surface area contributed by atoms with E-state index >= 15 is 0 Å². The number of hydrogen-bond acceptors (Lipinski definition) is 3. The third-order valence-corrected chi connectivity index (χ3v) is 7.42. The van der Waals surface area contributed by atoms with Crippen LogP contribution < -0.4 is 9.80 Å². The zero-order valence-electron chi connectivity index (χ0n) is 13.0. The van der Waals surface area contributed by atoms with Gasteiger partial charge in [-0.25, -0.2) is 8.42 Å². The molecule has 2 aliphatic rings. The number of halogens is 2. The maximum atomic E-state index is 12.3. The normalized spacial score (nSPS) is 24.6. The fourth-order valence-electron chi connectivity index (χ4n) is 3.53. The van der Waals surface area contributed by atoms with Crippen LogP contribution in [-0.2, 0) is 9.84 Å². The molecular weight excluding hydrogens is 399 g/mol. The van der Waals surface area contributed by atoms with Crippen LogP contribution in [0.25, 0.3) is 0 Å². The Morgan fingerprint density at radius 3 is 2.08 bits per heavy atom. The standard InChI is InChI=1S/C17H14Cl2N2O2S2/c18-13-7-6-12(8-14(13)19)21-16-10-25(22,23)9-15(16)20(17(21)24)11-4-2-1-3-5-11/h1-8,15-16H,9-10H2/t15-,16-/m1/s1. The van der Waals surface area contributed by atoms with Crippen molar-refractivity contribution in [3.05, 3.63) is 58.6 Å². The lowest BCUT2D eigenvalue weighted by molar-refractivity contribution is 0.601. The van der Waals surface area contributed by atoms with E-state index in [-0.39, 0.29) is 23.6 Å². The van der Waals surface area contributed by atoms with Gasteiger partial charge in [0, 0.05) is 11.4 Å². The second-order valence-corrected chi connectivity index (χ2v) is 9.50. The van der Waals surface area contributed by atoms with Crippen LogP contribution in [0.4, 0.5) is 11.4 Å². The summed E-state index contributed by atoms with van der Waals surface area (Å²) in [5.74, 6) is 0.159. The molecule has 2 aromatic rings. The molecule has 0 unspecified atom stereocenters. The molecule has 0 radical (unpaired) electrons. The molecule has 130 valence electrons. The summed E-state index contributed by atoms with van der Waals surface area (Å²) in [5.41, 5.74) is 1.65. The highest BCUT2D eigenvalue weighted by Crippen LogP contribution is 2.39. The van der Waals surface area contributed by atoms with Crippen LogP contribution in [0.15, 0.2) is 48.5 Å². The van der Waals surface area contributed by atoms with Gasteiger partial charge in [-0.05, 0) is 42.5 Å². The first-order valence-electron chi connectivity index (χ1n) is 7.70. The fourth-order valence-corrected chi connectivity index (χ4v) is 6.22. The molecule has 8 heteroatoms. The molecule has 4 rings (SSSR count). The highest BCUT2D eigenvalue weighted by molar-refractivity contribution is 7.91. The van der Waals surface area contributed by atoms with E-state index in [9.17, 15) is 8.42 Å². The van der Waals surface area contributed by atoms with Crippen molar-refractivity contribution in [2.24, 2.45) is 0 Å². The molecule has 2 atom stereocenters. The van der Waals surface area contributed by atoms with E-state index in [0.29, 0.717) is 15.2 Å². The number of fused-ring (bicyclic) bond motifs is 1. The summed E-state index contributed by atoms with van der Waals surface area (Å²) in [6.07, 6.45) is 0. The number of nitrogens with zero attached hydrogens (tertiary/aromatic N) is 2. The van der Waals surface area contributed by atoms with Gasteiger partial charge in [-0.1, -0.05) is 41.4 Å².